The van der Waals surface area contributed by atoms with Crippen LogP contribution < -0.4 is 5.32 Å². The fourth-order valence-corrected chi connectivity index (χ4v) is 2.17. The first kappa shape index (κ1) is 10.1. The van der Waals surface area contributed by atoms with E-state index in [0.29, 0.717) is 17.6 Å². The molecule has 0 amide bonds. The maximum Gasteiger partial charge on any atom is 0.133 e. The van der Waals surface area contributed by atoms with Crippen molar-refractivity contribution in [3.63, 3.8) is 0 Å². The van der Waals surface area contributed by atoms with E-state index in [0.717, 1.165) is 52.0 Å². The summed E-state index contributed by atoms with van der Waals surface area (Å²) in [5.74, 6) is 1.69. The summed E-state index contributed by atoms with van der Waals surface area (Å²) in [6.07, 6.45) is 3.74. The highest BCUT2D eigenvalue weighted by Crippen LogP contribution is 2.21. The number of Topliss-reactive ketones (excluding diaryl/α,β-unsaturated/α-hetero) is 1. The molecular formula is C11H19NO2. The standard InChI is InChI=1S/C11H19NO2/c13-11(6-10-7-12-8-10)5-9-1-3-14-4-2-9/h9-10,12H,1-8H2. The van der Waals surface area contributed by atoms with Gasteiger partial charge in [-0.3, -0.25) is 4.79 Å². The van der Waals surface area contributed by atoms with Crippen molar-refractivity contribution >= 4 is 5.78 Å². The van der Waals surface area contributed by atoms with Crippen molar-refractivity contribution in [2.45, 2.75) is 25.7 Å². The van der Waals surface area contributed by atoms with Gasteiger partial charge >= 0.3 is 0 Å². The van der Waals surface area contributed by atoms with Crippen molar-refractivity contribution in [1.29, 1.82) is 0 Å². The van der Waals surface area contributed by atoms with E-state index in [1.54, 1.807) is 0 Å². The molecule has 0 bridgehead atoms. The van der Waals surface area contributed by atoms with E-state index in [9.17, 15) is 4.79 Å². The van der Waals surface area contributed by atoms with Crippen LogP contribution in [0.3, 0.4) is 0 Å². The molecule has 2 aliphatic rings. The maximum absolute atomic E-state index is 11.6. The molecule has 0 aromatic carbocycles. The third-order valence-corrected chi connectivity index (χ3v) is 3.24. The number of nitrogens with one attached hydrogen (secondary N) is 1. The van der Waals surface area contributed by atoms with Gasteiger partial charge in [0.15, 0.2) is 0 Å². The van der Waals surface area contributed by atoms with Gasteiger partial charge in [0, 0.05) is 26.1 Å². The van der Waals surface area contributed by atoms with Crippen molar-refractivity contribution in [2.24, 2.45) is 11.8 Å². The number of carbonyl (C=O) groups is 1. The van der Waals surface area contributed by atoms with Gasteiger partial charge in [-0.1, -0.05) is 0 Å². The van der Waals surface area contributed by atoms with Gasteiger partial charge in [0.2, 0.25) is 0 Å². The minimum Gasteiger partial charge on any atom is -0.381 e. The summed E-state index contributed by atoms with van der Waals surface area (Å²) in [7, 11) is 0. The largest absolute Gasteiger partial charge is 0.381 e. The van der Waals surface area contributed by atoms with E-state index in [4.69, 9.17) is 4.74 Å². The van der Waals surface area contributed by atoms with Crippen LogP contribution in [0.1, 0.15) is 25.7 Å². The Morgan fingerprint density at radius 2 is 1.79 bits per heavy atom. The fourth-order valence-electron chi connectivity index (χ4n) is 2.17. The third kappa shape index (κ3) is 2.79. The van der Waals surface area contributed by atoms with Gasteiger partial charge in [-0.25, -0.2) is 0 Å². The van der Waals surface area contributed by atoms with Crippen molar-refractivity contribution in [3.8, 4) is 0 Å². The van der Waals surface area contributed by atoms with Crippen LogP contribution in [0.4, 0.5) is 0 Å². The van der Waals surface area contributed by atoms with Crippen molar-refractivity contribution in [2.75, 3.05) is 26.3 Å². The molecule has 0 aliphatic carbocycles. The van der Waals surface area contributed by atoms with Crippen LogP contribution in [-0.2, 0) is 9.53 Å². The SMILES string of the molecule is O=C(CC1CCOCC1)CC1CNC1. The summed E-state index contributed by atoms with van der Waals surface area (Å²) in [5.41, 5.74) is 0. The third-order valence-electron chi connectivity index (χ3n) is 3.24. The second-order valence-corrected chi connectivity index (χ2v) is 4.53. The molecule has 2 saturated heterocycles. The van der Waals surface area contributed by atoms with Gasteiger partial charge in [-0.05, 0) is 37.8 Å². The van der Waals surface area contributed by atoms with Crippen LogP contribution in [0.2, 0.25) is 0 Å². The number of hydrogen-bond donors (Lipinski definition) is 1. The van der Waals surface area contributed by atoms with E-state index in [1.807, 2.05) is 0 Å². The molecule has 0 aromatic rings. The first-order chi connectivity index (χ1) is 6.84. The highest BCUT2D eigenvalue weighted by molar-refractivity contribution is 5.79. The first-order valence-electron chi connectivity index (χ1n) is 5.65. The number of rotatable bonds is 4. The Kier molecular flexibility index (Phi) is 3.54. The second-order valence-electron chi connectivity index (χ2n) is 4.53. The van der Waals surface area contributed by atoms with Gasteiger partial charge in [0.05, 0.1) is 0 Å². The molecule has 1 N–H and O–H groups in total. The summed E-state index contributed by atoms with van der Waals surface area (Å²) in [6.45, 7) is 3.78. The number of ether oxygens (including phenoxy) is 1. The predicted octanol–water partition coefficient (Wildman–Crippen LogP) is 0.982. The molecule has 3 nitrogen and oxygen atoms in total. The smallest absolute Gasteiger partial charge is 0.133 e. The molecular weight excluding hydrogens is 178 g/mol. The van der Waals surface area contributed by atoms with Crippen molar-refractivity contribution in [1.82, 2.24) is 5.32 Å². The minimum atomic E-state index is 0.461. The van der Waals surface area contributed by atoms with Crippen LogP contribution in [0.5, 0.6) is 0 Å². The Morgan fingerprint density at radius 3 is 2.36 bits per heavy atom. The average molecular weight is 197 g/mol. The van der Waals surface area contributed by atoms with Gasteiger partial charge in [0.1, 0.15) is 5.78 Å². The summed E-state index contributed by atoms with van der Waals surface area (Å²) in [5, 5.41) is 3.20. The van der Waals surface area contributed by atoms with E-state index in [-0.39, 0.29) is 0 Å². The van der Waals surface area contributed by atoms with E-state index >= 15 is 0 Å². The maximum atomic E-state index is 11.6. The fraction of sp³-hybridized carbons (Fsp3) is 0.909. The van der Waals surface area contributed by atoms with Crippen molar-refractivity contribution < 1.29 is 9.53 Å². The quantitative estimate of drug-likeness (QED) is 0.730. The number of ketones is 1. The Hall–Kier alpha value is -0.410. The van der Waals surface area contributed by atoms with Crippen molar-refractivity contribution in [3.05, 3.63) is 0 Å². The molecule has 0 spiro atoms. The highest BCUT2D eigenvalue weighted by atomic mass is 16.5. The Bertz CT molecular complexity index is 195. The van der Waals surface area contributed by atoms with Crippen LogP contribution in [-0.4, -0.2) is 32.1 Å². The summed E-state index contributed by atoms with van der Waals surface area (Å²) in [6, 6.07) is 0. The molecule has 2 heterocycles. The van der Waals surface area contributed by atoms with E-state index in [2.05, 4.69) is 5.32 Å². The van der Waals surface area contributed by atoms with Gasteiger partial charge < -0.3 is 10.1 Å². The molecule has 0 radical (unpaired) electrons. The molecule has 3 heteroatoms. The lowest BCUT2D eigenvalue weighted by Gasteiger charge is -2.27. The molecule has 2 fully saturated rings. The molecule has 2 aliphatic heterocycles. The molecule has 0 unspecified atom stereocenters. The lowest BCUT2D eigenvalue weighted by atomic mass is 9.89. The topological polar surface area (TPSA) is 38.3 Å². The van der Waals surface area contributed by atoms with Crippen LogP contribution >= 0.6 is 0 Å². The zero-order valence-corrected chi connectivity index (χ0v) is 8.63. The molecule has 14 heavy (non-hydrogen) atoms. The van der Waals surface area contributed by atoms with Gasteiger partial charge in [0.25, 0.3) is 0 Å². The van der Waals surface area contributed by atoms with Crippen LogP contribution in [0.25, 0.3) is 0 Å². The predicted molar refractivity (Wildman–Crippen MR) is 54.1 cm³/mol. The average Bonchev–Trinajstić information content (AvgIpc) is 2.13. The Morgan fingerprint density at radius 1 is 1.14 bits per heavy atom. The van der Waals surface area contributed by atoms with E-state index in [1.165, 1.54) is 0 Å². The molecule has 0 atom stereocenters. The lowest BCUT2D eigenvalue weighted by Crippen LogP contribution is -2.43. The number of hydrogen-bond acceptors (Lipinski definition) is 3. The first-order valence-corrected chi connectivity index (χ1v) is 5.65. The minimum absolute atomic E-state index is 0.461. The lowest BCUT2D eigenvalue weighted by molar-refractivity contribution is -0.121. The van der Waals surface area contributed by atoms with Gasteiger partial charge in [-0.15, -0.1) is 0 Å². The van der Waals surface area contributed by atoms with E-state index < -0.39 is 0 Å². The molecule has 0 aromatic heterocycles. The van der Waals surface area contributed by atoms with Crippen LogP contribution in [0.15, 0.2) is 0 Å². The molecule has 80 valence electrons. The monoisotopic (exact) mass is 197 g/mol. The second kappa shape index (κ2) is 4.89. The van der Waals surface area contributed by atoms with Crippen LogP contribution in [0, 0.1) is 11.8 Å². The summed E-state index contributed by atoms with van der Waals surface area (Å²) >= 11 is 0. The Balaban J connectivity index is 1.64. The summed E-state index contributed by atoms with van der Waals surface area (Å²) in [4.78, 5) is 11.6. The van der Waals surface area contributed by atoms with Gasteiger partial charge in [-0.2, -0.15) is 0 Å². The zero-order valence-electron chi connectivity index (χ0n) is 8.63. The molecule has 2 rings (SSSR count). The zero-order chi connectivity index (χ0) is 9.80. The Labute approximate surface area is 85.2 Å². The normalized spacial score (nSPS) is 24.6. The number of carbonyl (C=O) groups excluding carboxylic acids is 1. The highest BCUT2D eigenvalue weighted by Gasteiger charge is 2.23. The summed E-state index contributed by atoms with van der Waals surface area (Å²) < 4.78 is 5.27. The molecule has 0 saturated carbocycles.